The summed E-state index contributed by atoms with van der Waals surface area (Å²) in [6.45, 7) is 2.51. The molecular weight excluding hydrogens is 608 g/mol. The van der Waals surface area contributed by atoms with Crippen molar-refractivity contribution in [1.29, 1.82) is 0 Å². The van der Waals surface area contributed by atoms with Gasteiger partial charge in [-0.25, -0.2) is 0 Å². The number of carbonyl (C=O) groups excluding carboxylic acids is 2. The van der Waals surface area contributed by atoms with Gasteiger partial charge in [-0.2, -0.15) is 12.8 Å². The van der Waals surface area contributed by atoms with Gasteiger partial charge in [-0.1, -0.05) is 6.92 Å². The summed E-state index contributed by atoms with van der Waals surface area (Å²) >= 11 is 0. The molecule has 68 valence electrons. The van der Waals surface area contributed by atoms with E-state index in [9.17, 15) is 0 Å². The fourth-order valence-electron chi connectivity index (χ4n) is 0.0722. The molecule has 0 aromatic rings. The molecular formula is C6H13N2O2U2-. The van der Waals surface area contributed by atoms with Crippen molar-refractivity contribution in [2.45, 2.75) is 6.92 Å². The van der Waals surface area contributed by atoms with Crippen molar-refractivity contribution >= 4 is 12.8 Å². The maximum atomic E-state index is 9.17. The number of rotatable bonds is 3. The molecule has 0 fully saturated rings. The molecule has 0 aliphatic heterocycles. The Morgan fingerprint density at radius 1 is 1.25 bits per heavy atom. The Hall–Kier alpha value is 1.04. The van der Waals surface area contributed by atoms with E-state index in [2.05, 4.69) is 10.6 Å². The van der Waals surface area contributed by atoms with E-state index in [1.807, 2.05) is 6.92 Å². The van der Waals surface area contributed by atoms with Crippen molar-refractivity contribution in [1.82, 2.24) is 10.6 Å². The zero-order valence-corrected chi connectivity index (χ0v) is 15.9. The summed E-state index contributed by atoms with van der Waals surface area (Å²) in [7, 11) is 1.51. The molecule has 0 heterocycles. The van der Waals surface area contributed by atoms with Crippen LogP contribution in [0.15, 0.2) is 0 Å². The van der Waals surface area contributed by atoms with Crippen molar-refractivity contribution in [2.24, 2.45) is 0 Å². The molecule has 2 N–H and O–H groups in total. The summed E-state index contributed by atoms with van der Waals surface area (Å²) in [4.78, 5) is 18.1. The van der Waals surface area contributed by atoms with E-state index >= 15 is 0 Å². The molecule has 2 amide bonds. The van der Waals surface area contributed by atoms with Crippen LogP contribution in [-0.4, -0.2) is 26.4 Å². The monoisotopic (exact) mass is 621 g/mol. The Labute approximate surface area is 122 Å². The third-order valence-corrected chi connectivity index (χ3v) is 0.351. The second-order valence-electron chi connectivity index (χ2n) is 0.984. The van der Waals surface area contributed by atoms with Gasteiger partial charge in [0, 0.05) is 31.1 Å². The van der Waals surface area contributed by atoms with Crippen LogP contribution in [-0.2, 0) is 9.59 Å². The summed E-state index contributed by atoms with van der Waals surface area (Å²) in [5.41, 5.74) is 0. The first-order valence-electron chi connectivity index (χ1n) is 2.47. The van der Waals surface area contributed by atoms with Crippen LogP contribution in [0.5, 0.6) is 0 Å². The zero-order chi connectivity index (χ0) is 7.54. The molecule has 0 saturated heterocycles. The SMILES string of the molecule is CCN[C-]=O.CN[C-]=O.[CH3-].[U+2].[U]. The summed E-state index contributed by atoms with van der Waals surface area (Å²) in [5, 5.41) is 4.43. The Bertz CT molecular complexity index is 74.6. The van der Waals surface area contributed by atoms with Gasteiger partial charge in [-0.15, -0.1) is 0 Å². The van der Waals surface area contributed by atoms with E-state index in [1.54, 1.807) is 0 Å². The summed E-state index contributed by atoms with van der Waals surface area (Å²) < 4.78 is 0. The van der Waals surface area contributed by atoms with Gasteiger partial charge >= 0.3 is 31.1 Å². The summed E-state index contributed by atoms with van der Waals surface area (Å²) in [6, 6.07) is 0. The number of amides is 2. The van der Waals surface area contributed by atoms with Gasteiger partial charge in [0.05, 0.1) is 0 Å². The van der Waals surface area contributed by atoms with Crippen molar-refractivity contribution < 1.29 is 71.8 Å². The molecule has 0 unspecified atom stereocenters. The molecule has 0 atom stereocenters. The average molecular weight is 621 g/mol. The van der Waals surface area contributed by atoms with E-state index in [-0.39, 0.29) is 69.7 Å². The Morgan fingerprint density at radius 2 is 1.58 bits per heavy atom. The van der Waals surface area contributed by atoms with Gasteiger partial charge in [-0.3, -0.25) is 0 Å². The molecule has 0 bridgehead atoms. The molecule has 0 radical (unpaired) electrons. The van der Waals surface area contributed by atoms with E-state index in [1.165, 1.54) is 19.9 Å². The van der Waals surface area contributed by atoms with Crippen LogP contribution >= 0.6 is 0 Å². The standard InChI is InChI=1S/C3H6NO.C2H4NO.CH3.2U/c1-2-4-3-5;1-3-2-4;;;/h2H2,1H3,(H,4,5);1H3,(H,3,4);1H3;;/q3*-1;;+2. The minimum atomic E-state index is 0. The largest absolute Gasteiger partial charge is 2.00 e. The smallest absolute Gasteiger partial charge is 0.532 e. The molecule has 0 rings (SSSR count). The summed E-state index contributed by atoms with van der Waals surface area (Å²) in [5.74, 6) is 0. The van der Waals surface area contributed by atoms with E-state index in [4.69, 9.17) is 9.59 Å². The van der Waals surface area contributed by atoms with Crippen LogP contribution in [0.4, 0.5) is 0 Å². The van der Waals surface area contributed by atoms with Crippen LogP contribution in [0.25, 0.3) is 0 Å². The van der Waals surface area contributed by atoms with Crippen LogP contribution < -0.4 is 10.6 Å². The second-order valence-corrected chi connectivity index (χ2v) is 0.984. The van der Waals surface area contributed by atoms with Gasteiger partial charge in [0.1, 0.15) is 0 Å². The van der Waals surface area contributed by atoms with Crippen LogP contribution in [0.2, 0.25) is 0 Å². The molecule has 0 aromatic carbocycles. The molecule has 12 heavy (non-hydrogen) atoms. The normalized spacial score (nSPS) is 4.50. The van der Waals surface area contributed by atoms with E-state index in [0.29, 0.717) is 6.54 Å². The third kappa shape index (κ3) is 68.1. The minimum absolute atomic E-state index is 0. The van der Waals surface area contributed by atoms with Gasteiger partial charge in [0.2, 0.25) is 0 Å². The molecule has 6 heteroatoms. The number of hydrogen-bond acceptors (Lipinski definition) is 2. The maximum Gasteiger partial charge on any atom is 2.00 e. The van der Waals surface area contributed by atoms with Crippen LogP contribution in [0, 0.1) is 69.7 Å². The summed E-state index contributed by atoms with van der Waals surface area (Å²) in [6.07, 6.45) is 2.95. The predicted octanol–water partition coefficient (Wildman–Crippen LogP) is -0.614. The van der Waals surface area contributed by atoms with Crippen molar-refractivity contribution in [3.63, 3.8) is 0 Å². The first kappa shape index (κ1) is 29.2. The molecule has 4 nitrogen and oxygen atoms in total. The zero-order valence-electron chi connectivity index (χ0n) is 7.52. The van der Waals surface area contributed by atoms with Gasteiger partial charge in [0.15, 0.2) is 0 Å². The van der Waals surface area contributed by atoms with E-state index in [0.717, 1.165) is 0 Å². The van der Waals surface area contributed by atoms with Gasteiger partial charge in [0.25, 0.3) is 0 Å². The fourth-order valence-corrected chi connectivity index (χ4v) is 0.0722. The second kappa shape index (κ2) is 40.2. The minimum Gasteiger partial charge on any atom is -0.532 e. The van der Waals surface area contributed by atoms with Crippen LogP contribution in [0.3, 0.4) is 0 Å². The maximum absolute atomic E-state index is 9.17. The fraction of sp³-hybridized carbons (Fsp3) is 0.500. The Kier molecular flexibility index (Phi) is 98.0. The molecule has 0 aliphatic rings. The molecule has 0 saturated carbocycles. The van der Waals surface area contributed by atoms with Crippen molar-refractivity contribution in [3.8, 4) is 0 Å². The first-order valence-corrected chi connectivity index (χ1v) is 2.47. The topological polar surface area (TPSA) is 58.2 Å². The Balaban J connectivity index is -0.0000000221. The van der Waals surface area contributed by atoms with Gasteiger partial charge < -0.3 is 27.6 Å². The third-order valence-electron chi connectivity index (χ3n) is 0.351. The number of nitrogens with one attached hydrogen (secondary N) is 2. The van der Waals surface area contributed by atoms with Gasteiger partial charge in [-0.05, 0) is 13.6 Å². The van der Waals surface area contributed by atoms with E-state index < -0.39 is 0 Å². The predicted molar refractivity (Wildman–Crippen MR) is 40.5 cm³/mol. The van der Waals surface area contributed by atoms with Crippen LogP contribution in [0.1, 0.15) is 6.92 Å². The average Bonchev–Trinajstić information content (AvgIpc) is 1.91. The molecule has 0 spiro atoms. The first-order chi connectivity index (χ1) is 4.33. The molecule has 0 aromatic heterocycles. The Morgan fingerprint density at radius 3 is 1.58 bits per heavy atom. The van der Waals surface area contributed by atoms with Crippen molar-refractivity contribution in [2.75, 3.05) is 13.6 Å². The quantitative estimate of drug-likeness (QED) is 0.327. The van der Waals surface area contributed by atoms with Crippen molar-refractivity contribution in [3.05, 3.63) is 7.43 Å². The number of hydrogen-bond donors (Lipinski definition) is 2. The molecule has 0 aliphatic carbocycles.